The first-order valence-corrected chi connectivity index (χ1v) is 6.45. The van der Waals surface area contributed by atoms with Crippen molar-refractivity contribution >= 4 is 10.9 Å². The smallest absolute Gasteiger partial charge is 0.256 e. The van der Waals surface area contributed by atoms with E-state index in [-0.39, 0.29) is 0 Å². The molecule has 0 atom stereocenters. The summed E-state index contributed by atoms with van der Waals surface area (Å²) in [5, 5.41) is 9.63. The summed E-state index contributed by atoms with van der Waals surface area (Å²) in [6.07, 6.45) is -2.85. The summed E-state index contributed by atoms with van der Waals surface area (Å²) in [7, 11) is 0. The molecule has 1 heterocycles. The van der Waals surface area contributed by atoms with Crippen LogP contribution >= 0.6 is 0 Å². The lowest BCUT2D eigenvalue weighted by molar-refractivity contribution is -0.137. The number of hydrogen-bond acceptors (Lipinski definition) is 2. The molecule has 0 saturated heterocycles. The average Bonchev–Trinajstić information content (AvgIpc) is 2.53. The Morgan fingerprint density at radius 3 is 2.50 bits per heavy atom. The molecule has 0 N–H and O–H groups in total. The van der Waals surface area contributed by atoms with Crippen LogP contribution in [0.1, 0.15) is 11.1 Å². The SMILES string of the molecule is N#Cc1ccc2ncc(-c3cccc(C(F)(F)F)c3)cc2c1. The summed E-state index contributed by atoms with van der Waals surface area (Å²) in [6, 6.07) is 13.9. The molecule has 0 unspecified atom stereocenters. The minimum absolute atomic E-state index is 0.437. The first-order chi connectivity index (χ1) is 10.5. The van der Waals surface area contributed by atoms with E-state index in [9.17, 15) is 13.2 Å². The molecule has 22 heavy (non-hydrogen) atoms. The van der Waals surface area contributed by atoms with Crippen molar-refractivity contribution in [3.05, 3.63) is 65.9 Å². The molecule has 2 aromatic carbocycles. The van der Waals surface area contributed by atoms with Gasteiger partial charge in [-0.25, -0.2) is 0 Å². The zero-order valence-electron chi connectivity index (χ0n) is 11.2. The van der Waals surface area contributed by atoms with Gasteiger partial charge in [-0.2, -0.15) is 18.4 Å². The standard InChI is InChI=1S/C17H9F3N2/c18-17(19,20)15-3-1-2-12(8-15)14-7-13-6-11(9-21)4-5-16(13)22-10-14/h1-8,10H. The quantitative estimate of drug-likeness (QED) is 0.647. The summed E-state index contributed by atoms with van der Waals surface area (Å²) >= 11 is 0. The number of nitrogens with zero attached hydrogens (tertiary/aromatic N) is 2. The number of pyridine rings is 1. The Hall–Kier alpha value is -2.87. The summed E-state index contributed by atoms with van der Waals surface area (Å²) in [5.74, 6) is 0. The molecule has 3 rings (SSSR count). The van der Waals surface area contributed by atoms with E-state index in [4.69, 9.17) is 5.26 Å². The fourth-order valence-corrected chi connectivity index (χ4v) is 2.23. The van der Waals surface area contributed by atoms with Crippen LogP contribution in [0.25, 0.3) is 22.0 Å². The van der Waals surface area contributed by atoms with Gasteiger partial charge < -0.3 is 0 Å². The Balaban J connectivity index is 2.12. The third-order valence-corrected chi connectivity index (χ3v) is 3.33. The van der Waals surface area contributed by atoms with Crippen LogP contribution in [0.2, 0.25) is 0 Å². The molecule has 0 aliphatic carbocycles. The largest absolute Gasteiger partial charge is 0.416 e. The van der Waals surface area contributed by atoms with E-state index in [1.807, 2.05) is 6.07 Å². The Labute approximate surface area is 124 Å². The third-order valence-electron chi connectivity index (χ3n) is 3.33. The fraction of sp³-hybridized carbons (Fsp3) is 0.0588. The molecular formula is C17H9F3N2. The lowest BCUT2D eigenvalue weighted by Gasteiger charge is -2.09. The zero-order chi connectivity index (χ0) is 15.7. The Bertz CT molecular complexity index is 892. The van der Waals surface area contributed by atoms with E-state index in [0.29, 0.717) is 27.6 Å². The van der Waals surface area contributed by atoms with E-state index < -0.39 is 11.7 Å². The second-order valence-corrected chi connectivity index (χ2v) is 4.82. The number of hydrogen-bond donors (Lipinski definition) is 0. The van der Waals surface area contributed by atoms with Crippen molar-refractivity contribution in [2.75, 3.05) is 0 Å². The van der Waals surface area contributed by atoms with Crippen molar-refractivity contribution in [2.45, 2.75) is 6.18 Å². The fourth-order valence-electron chi connectivity index (χ4n) is 2.23. The number of rotatable bonds is 1. The van der Waals surface area contributed by atoms with Gasteiger partial charge in [-0.3, -0.25) is 4.98 Å². The molecule has 5 heteroatoms. The van der Waals surface area contributed by atoms with Gasteiger partial charge in [-0.05, 0) is 42.0 Å². The highest BCUT2D eigenvalue weighted by Gasteiger charge is 2.30. The van der Waals surface area contributed by atoms with Crippen molar-refractivity contribution < 1.29 is 13.2 Å². The van der Waals surface area contributed by atoms with Crippen LogP contribution in [0, 0.1) is 11.3 Å². The molecule has 0 radical (unpaired) electrons. The minimum atomic E-state index is -4.38. The van der Waals surface area contributed by atoms with Crippen LogP contribution in [0.5, 0.6) is 0 Å². The van der Waals surface area contributed by atoms with Gasteiger partial charge in [0, 0.05) is 17.1 Å². The molecule has 0 spiro atoms. The Kier molecular flexibility index (Phi) is 3.30. The van der Waals surface area contributed by atoms with Crippen LogP contribution < -0.4 is 0 Å². The molecule has 3 aromatic rings. The highest BCUT2D eigenvalue weighted by Crippen LogP contribution is 2.32. The van der Waals surface area contributed by atoms with Crippen LogP contribution in [0.15, 0.2) is 54.7 Å². The average molecular weight is 298 g/mol. The molecule has 0 aliphatic heterocycles. The highest BCUT2D eigenvalue weighted by molar-refractivity contribution is 5.84. The molecule has 0 saturated carbocycles. The van der Waals surface area contributed by atoms with E-state index in [2.05, 4.69) is 4.98 Å². The van der Waals surface area contributed by atoms with Crippen molar-refractivity contribution in [1.82, 2.24) is 4.98 Å². The predicted octanol–water partition coefficient (Wildman–Crippen LogP) is 4.79. The molecule has 1 aromatic heterocycles. The van der Waals surface area contributed by atoms with Gasteiger partial charge in [0.15, 0.2) is 0 Å². The molecule has 0 amide bonds. The number of benzene rings is 2. The monoisotopic (exact) mass is 298 g/mol. The van der Waals surface area contributed by atoms with Crippen molar-refractivity contribution in [3.8, 4) is 17.2 Å². The van der Waals surface area contributed by atoms with Crippen LogP contribution in [-0.4, -0.2) is 4.98 Å². The molecule has 108 valence electrons. The van der Waals surface area contributed by atoms with Crippen molar-refractivity contribution in [2.24, 2.45) is 0 Å². The zero-order valence-corrected chi connectivity index (χ0v) is 11.2. The summed E-state index contributed by atoms with van der Waals surface area (Å²) < 4.78 is 38.4. The maximum absolute atomic E-state index is 12.8. The number of nitriles is 1. The number of fused-ring (bicyclic) bond motifs is 1. The molecule has 0 aliphatic rings. The van der Waals surface area contributed by atoms with E-state index in [0.717, 1.165) is 12.1 Å². The van der Waals surface area contributed by atoms with Crippen molar-refractivity contribution in [3.63, 3.8) is 0 Å². The minimum Gasteiger partial charge on any atom is -0.256 e. The van der Waals surface area contributed by atoms with Crippen LogP contribution in [-0.2, 0) is 6.18 Å². The summed E-state index contributed by atoms with van der Waals surface area (Å²) in [4.78, 5) is 4.23. The van der Waals surface area contributed by atoms with E-state index >= 15 is 0 Å². The third kappa shape index (κ3) is 2.63. The molecule has 2 nitrogen and oxygen atoms in total. The van der Waals surface area contributed by atoms with Crippen LogP contribution in [0.4, 0.5) is 13.2 Å². The van der Waals surface area contributed by atoms with Gasteiger partial charge in [0.05, 0.1) is 22.7 Å². The first kappa shape index (κ1) is 14.1. The first-order valence-electron chi connectivity index (χ1n) is 6.45. The van der Waals surface area contributed by atoms with Gasteiger partial charge >= 0.3 is 6.18 Å². The van der Waals surface area contributed by atoms with E-state index in [1.54, 1.807) is 30.3 Å². The predicted molar refractivity (Wildman–Crippen MR) is 76.9 cm³/mol. The molecule has 0 bridgehead atoms. The van der Waals surface area contributed by atoms with Crippen LogP contribution in [0.3, 0.4) is 0 Å². The normalized spacial score (nSPS) is 11.4. The van der Waals surface area contributed by atoms with E-state index in [1.165, 1.54) is 12.3 Å². The Morgan fingerprint density at radius 2 is 1.77 bits per heavy atom. The maximum atomic E-state index is 12.8. The van der Waals surface area contributed by atoms with Gasteiger partial charge in [0.1, 0.15) is 0 Å². The second kappa shape index (κ2) is 5.15. The number of aromatic nitrogens is 1. The van der Waals surface area contributed by atoms with Crippen molar-refractivity contribution in [1.29, 1.82) is 5.26 Å². The molecule has 0 fully saturated rings. The summed E-state index contributed by atoms with van der Waals surface area (Å²) in [6.45, 7) is 0. The lowest BCUT2D eigenvalue weighted by Crippen LogP contribution is -2.04. The van der Waals surface area contributed by atoms with Gasteiger partial charge in [-0.1, -0.05) is 12.1 Å². The number of halogens is 3. The Morgan fingerprint density at radius 1 is 0.955 bits per heavy atom. The van der Waals surface area contributed by atoms with Gasteiger partial charge in [0.2, 0.25) is 0 Å². The van der Waals surface area contributed by atoms with Gasteiger partial charge in [0.25, 0.3) is 0 Å². The summed E-state index contributed by atoms with van der Waals surface area (Å²) in [5.41, 5.74) is 1.49. The number of alkyl halides is 3. The molecular weight excluding hydrogens is 289 g/mol. The maximum Gasteiger partial charge on any atom is 0.416 e. The second-order valence-electron chi connectivity index (χ2n) is 4.82. The lowest BCUT2D eigenvalue weighted by atomic mass is 10.0. The topological polar surface area (TPSA) is 36.7 Å². The highest BCUT2D eigenvalue weighted by atomic mass is 19.4. The van der Waals surface area contributed by atoms with Gasteiger partial charge in [-0.15, -0.1) is 0 Å².